The van der Waals surface area contributed by atoms with E-state index in [2.05, 4.69) is 37.7 Å². The highest BCUT2D eigenvalue weighted by molar-refractivity contribution is 4.78. The molecule has 2 fully saturated rings. The fourth-order valence-electron chi connectivity index (χ4n) is 3.72. The second-order valence-electron chi connectivity index (χ2n) is 6.64. The summed E-state index contributed by atoms with van der Waals surface area (Å²) in [5.74, 6) is 3.49. The van der Waals surface area contributed by atoms with Crippen LogP contribution in [0, 0.1) is 23.7 Å². The Hall–Kier alpha value is -0.0800. The zero-order chi connectivity index (χ0) is 11.7. The maximum atomic E-state index is 2.64. The molecule has 94 valence electrons. The summed E-state index contributed by atoms with van der Waals surface area (Å²) in [6.07, 6.45) is 2.82. The molecule has 0 saturated carbocycles. The Morgan fingerprint density at radius 3 is 1.06 bits per heavy atom. The lowest BCUT2D eigenvalue weighted by Crippen LogP contribution is -2.54. The SMILES string of the molecule is CC1CC(C)CN(N2CC(C)CC(C)C2)C1. The molecule has 0 bridgehead atoms. The summed E-state index contributed by atoms with van der Waals surface area (Å²) >= 11 is 0. The minimum atomic E-state index is 0.872. The Bertz CT molecular complexity index is 185. The van der Waals surface area contributed by atoms with Gasteiger partial charge in [0.05, 0.1) is 0 Å². The van der Waals surface area contributed by atoms with Crippen LogP contribution >= 0.6 is 0 Å². The average Bonchev–Trinajstić information content (AvgIpc) is 2.14. The summed E-state index contributed by atoms with van der Waals surface area (Å²) in [5.41, 5.74) is 0. The lowest BCUT2D eigenvalue weighted by atomic mass is 9.90. The van der Waals surface area contributed by atoms with Gasteiger partial charge in [-0.15, -0.1) is 0 Å². The first-order valence-corrected chi connectivity index (χ1v) is 7.04. The third-order valence-corrected chi connectivity index (χ3v) is 4.10. The van der Waals surface area contributed by atoms with E-state index in [1.807, 2.05) is 0 Å². The van der Waals surface area contributed by atoms with Crippen molar-refractivity contribution in [3.8, 4) is 0 Å². The monoisotopic (exact) mass is 224 g/mol. The van der Waals surface area contributed by atoms with Gasteiger partial charge in [-0.1, -0.05) is 27.7 Å². The molecular weight excluding hydrogens is 196 g/mol. The number of hydrogen-bond acceptors (Lipinski definition) is 2. The fraction of sp³-hybridized carbons (Fsp3) is 1.00. The van der Waals surface area contributed by atoms with E-state index in [1.54, 1.807) is 0 Å². The molecule has 0 aromatic carbocycles. The molecule has 2 aliphatic rings. The highest BCUT2D eigenvalue weighted by Crippen LogP contribution is 2.27. The molecule has 2 saturated heterocycles. The first-order valence-electron chi connectivity index (χ1n) is 7.04. The molecule has 2 aliphatic heterocycles. The predicted octanol–water partition coefficient (Wildman–Crippen LogP) is 2.86. The van der Waals surface area contributed by atoms with Gasteiger partial charge in [0.15, 0.2) is 0 Å². The molecular formula is C14H28N2. The van der Waals surface area contributed by atoms with E-state index in [0.717, 1.165) is 23.7 Å². The van der Waals surface area contributed by atoms with Crippen LogP contribution in [-0.2, 0) is 0 Å². The van der Waals surface area contributed by atoms with Gasteiger partial charge >= 0.3 is 0 Å². The van der Waals surface area contributed by atoms with Crippen molar-refractivity contribution in [1.82, 2.24) is 10.0 Å². The number of hydrogen-bond donors (Lipinski definition) is 0. The molecule has 4 atom stereocenters. The molecule has 0 spiro atoms. The van der Waals surface area contributed by atoms with Gasteiger partial charge < -0.3 is 0 Å². The standard InChI is InChI=1S/C14H28N2/c1-11-5-12(2)8-15(7-11)16-9-13(3)6-14(4)10-16/h11-14H,5-10H2,1-4H3. The second-order valence-corrected chi connectivity index (χ2v) is 6.64. The number of piperidine rings is 2. The Balaban J connectivity index is 1.95. The number of nitrogens with zero attached hydrogens (tertiary/aromatic N) is 2. The van der Waals surface area contributed by atoms with Crippen LogP contribution in [0.5, 0.6) is 0 Å². The predicted molar refractivity (Wildman–Crippen MR) is 69.0 cm³/mol. The zero-order valence-electron chi connectivity index (χ0n) is 11.4. The Morgan fingerprint density at radius 1 is 0.562 bits per heavy atom. The smallest absolute Gasteiger partial charge is 0.0159 e. The van der Waals surface area contributed by atoms with Gasteiger partial charge in [-0.25, -0.2) is 10.0 Å². The van der Waals surface area contributed by atoms with Crippen LogP contribution in [0.3, 0.4) is 0 Å². The van der Waals surface area contributed by atoms with Crippen LogP contribution in [0.2, 0.25) is 0 Å². The molecule has 0 aromatic heterocycles. The maximum absolute atomic E-state index is 2.64. The second kappa shape index (κ2) is 5.05. The summed E-state index contributed by atoms with van der Waals surface area (Å²) in [5, 5.41) is 5.29. The molecule has 0 radical (unpaired) electrons. The van der Waals surface area contributed by atoms with Crippen molar-refractivity contribution < 1.29 is 0 Å². The molecule has 2 heteroatoms. The molecule has 0 N–H and O–H groups in total. The van der Waals surface area contributed by atoms with Crippen LogP contribution in [-0.4, -0.2) is 36.2 Å². The highest BCUT2D eigenvalue weighted by Gasteiger charge is 2.30. The van der Waals surface area contributed by atoms with Crippen LogP contribution in [0.4, 0.5) is 0 Å². The van der Waals surface area contributed by atoms with Crippen molar-refractivity contribution >= 4 is 0 Å². The van der Waals surface area contributed by atoms with E-state index in [1.165, 1.54) is 39.0 Å². The quantitative estimate of drug-likeness (QED) is 0.676. The molecule has 0 aliphatic carbocycles. The van der Waals surface area contributed by atoms with E-state index >= 15 is 0 Å². The molecule has 0 amide bonds. The summed E-state index contributed by atoms with van der Waals surface area (Å²) in [7, 11) is 0. The van der Waals surface area contributed by atoms with Crippen LogP contribution in [0.1, 0.15) is 40.5 Å². The van der Waals surface area contributed by atoms with E-state index in [4.69, 9.17) is 0 Å². The summed E-state index contributed by atoms with van der Waals surface area (Å²) in [4.78, 5) is 0. The molecule has 2 heterocycles. The van der Waals surface area contributed by atoms with Gasteiger partial charge in [0.1, 0.15) is 0 Å². The average molecular weight is 224 g/mol. The fourth-order valence-corrected chi connectivity index (χ4v) is 3.72. The minimum Gasteiger partial charge on any atom is -0.241 e. The van der Waals surface area contributed by atoms with Crippen molar-refractivity contribution in [2.75, 3.05) is 26.2 Å². The largest absolute Gasteiger partial charge is 0.241 e. The lowest BCUT2D eigenvalue weighted by molar-refractivity contribution is -0.0990. The first-order chi connectivity index (χ1) is 7.54. The third kappa shape index (κ3) is 2.98. The van der Waals surface area contributed by atoms with E-state index in [9.17, 15) is 0 Å². The van der Waals surface area contributed by atoms with Crippen molar-refractivity contribution in [2.24, 2.45) is 23.7 Å². The molecule has 0 aromatic rings. The van der Waals surface area contributed by atoms with Crippen LogP contribution in [0.15, 0.2) is 0 Å². The molecule has 2 rings (SSSR count). The number of rotatable bonds is 1. The Kier molecular flexibility index (Phi) is 3.91. The Morgan fingerprint density at radius 2 is 0.812 bits per heavy atom. The van der Waals surface area contributed by atoms with Gasteiger partial charge in [0.25, 0.3) is 0 Å². The molecule has 4 unspecified atom stereocenters. The maximum Gasteiger partial charge on any atom is 0.0159 e. The van der Waals surface area contributed by atoms with Gasteiger partial charge in [-0.2, -0.15) is 0 Å². The Labute approximate surface area is 101 Å². The van der Waals surface area contributed by atoms with Crippen molar-refractivity contribution in [3.63, 3.8) is 0 Å². The molecule has 2 nitrogen and oxygen atoms in total. The highest BCUT2D eigenvalue weighted by atomic mass is 15.6. The van der Waals surface area contributed by atoms with Crippen LogP contribution in [0.25, 0.3) is 0 Å². The normalized spacial score (nSPS) is 43.5. The van der Waals surface area contributed by atoms with E-state index < -0.39 is 0 Å². The van der Waals surface area contributed by atoms with Crippen molar-refractivity contribution in [3.05, 3.63) is 0 Å². The topological polar surface area (TPSA) is 6.48 Å². The van der Waals surface area contributed by atoms with E-state index in [0.29, 0.717) is 0 Å². The van der Waals surface area contributed by atoms with Crippen molar-refractivity contribution in [1.29, 1.82) is 0 Å². The summed E-state index contributed by atoms with van der Waals surface area (Å²) in [6, 6.07) is 0. The van der Waals surface area contributed by atoms with Gasteiger partial charge in [-0.3, -0.25) is 0 Å². The van der Waals surface area contributed by atoms with Gasteiger partial charge in [0.2, 0.25) is 0 Å². The summed E-state index contributed by atoms with van der Waals surface area (Å²) in [6.45, 7) is 14.7. The van der Waals surface area contributed by atoms with Gasteiger partial charge in [0, 0.05) is 26.2 Å². The summed E-state index contributed by atoms with van der Waals surface area (Å²) < 4.78 is 0. The van der Waals surface area contributed by atoms with Gasteiger partial charge in [-0.05, 0) is 36.5 Å². The lowest BCUT2D eigenvalue weighted by Gasteiger charge is -2.46. The minimum absolute atomic E-state index is 0.872. The first kappa shape index (κ1) is 12.4. The third-order valence-electron chi connectivity index (χ3n) is 4.10. The van der Waals surface area contributed by atoms with E-state index in [-0.39, 0.29) is 0 Å². The van der Waals surface area contributed by atoms with Crippen LogP contribution < -0.4 is 0 Å². The number of hydrazine groups is 1. The zero-order valence-corrected chi connectivity index (χ0v) is 11.4. The molecule has 16 heavy (non-hydrogen) atoms. The van der Waals surface area contributed by atoms with Crippen molar-refractivity contribution in [2.45, 2.75) is 40.5 Å².